The maximum Gasteiger partial charge on any atom is 0.254 e. The van der Waals surface area contributed by atoms with Gasteiger partial charge in [0.2, 0.25) is 0 Å². The van der Waals surface area contributed by atoms with Gasteiger partial charge in [0.15, 0.2) is 5.82 Å². The van der Waals surface area contributed by atoms with Crippen molar-refractivity contribution in [3.05, 3.63) is 42.4 Å². The fourth-order valence-electron chi connectivity index (χ4n) is 4.01. The van der Waals surface area contributed by atoms with Crippen LogP contribution in [0.1, 0.15) is 36.5 Å². The largest absolute Gasteiger partial charge is 0.388 e. The van der Waals surface area contributed by atoms with E-state index in [0.717, 1.165) is 25.9 Å². The highest BCUT2D eigenvalue weighted by Gasteiger charge is 2.49. The smallest absolute Gasteiger partial charge is 0.254 e. The number of nitrogens with one attached hydrogen (secondary N) is 2. The van der Waals surface area contributed by atoms with E-state index in [-0.39, 0.29) is 18.1 Å². The molecular formula is C20H25N5O3. The third kappa shape index (κ3) is 3.76. The van der Waals surface area contributed by atoms with Crippen LogP contribution in [0.4, 0.5) is 0 Å². The van der Waals surface area contributed by atoms with Gasteiger partial charge in [-0.05, 0) is 45.0 Å². The van der Waals surface area contributed by atoms with E-state index in [2.05, 4.69) is 25.6 Å². The van der Waals surface area contributed by atoms with Gasteiger partial charge < -0.3 is 20.5 Å². The minimum atomic E-state index is -0.773. The maximum absolute atomic E-state index is 12.8. The summed E-state index contributed by atoms with van der Waals surface area (Å²) in [5.74, 6) is 0.156. The van der Waals surface area contributed by atoms with Crippen LogP contribution in [-0.2, 0) is 4.74 Å². The molecule has 4 rings (SSSR count). The van der Waals surface area contributed by atoms with Crippen molar-refractivity contribution >= 4 is 5.91 Å². The number of piperidine rings is 1. The van der Waals surface area contributed by atoms with E-state index in [9.17, 15) is 9.90 Å². The highest BCUT2D eigenvalue weighted by Crippen LogP contribution is 2.38. The summed E-state index contributed by atoms with van der Waals surface area (Å²) in [6, 6.07) is 5.49. The van der Waals surface area contributed by atoms with E-state index in [1.54, 1.807) is 6.20 Å². The fraction of sp³-hybridized carbons (Fsp3) is 0.500. The predicted molar refractivity (Wildman–Crippen MR) is 103 cm³/mol. The lowest BCUT2D eigenvalue weighted by atomic mass is 9.75. The molecule has 2 aliphatic heterocycles. The van der Waals surface area contributed by atoms with E-state index in [4.69, 9.17) is 4.74 Å². The van der Waals surface area contributed by atoms with Crippen LogP contribution in [0, 0.1) is 0 Å². The summed E-state index contributed by atoms with van der Waals surface area (Å²) in [6.45, 7) is 3.85. The van der Waals surface area contributed by atoms with E-state index in [1.165, 1.54) is 12.4 Å². The summed E-state index contributed by atoms with van der Waals surface area (Å²) >= 11 is 0. The van der Waals surface area contributed by atoms with Crippen LogP contribution in [-0.4, -0.2) is 62.9 Å². The van der Waals surface area contributed by atoms with Crippen molar-refractivity contribution in [2.24, 2.45) is 0 Å². The summed E-state index contributed by atoms with van der Waals surface area (Å²) in [5.41, 5.74) is -0.0777. The number of aliphatic hydroxyl groups is 1. The van der Waals surface area contributed by atoms with Gasteiger partial charge in [-0.2, -0.15) is 0 Å². The topological polar surface area (TPSA) is 109 Å². The lowest BCUT2D eigenvalue weighted by molar-refractivity contribution is -0.169. The Hall–Kier alpha value is -2.42. The minimum absolute atomic E-state index is 0.214. The average Bonchev–Trinajstić information content (AvgIpc) is 2.72. The second-order valence-corrected chi connectivity index (χ2v) is 7.82. The molecule has 2 atom stereocenters. The van der Waals surface area contributed by atoms with Gasteiger partial charge in [-0.15, -0.1) is 0 Å². The average molecular weight is 383 g/mol. The van der Waals surface area contributed by atoms with Gasteiger partial charge in [-0.25, -0.2) is 9.97 Å². The zero-order valence-electron chi connectivity index (χ0n) is 15.9. The summed E-state index contributed by atoms with van der Waals surface area (Å²) in [4.78, 5) is 25.5. The number of carbonyl (C=O) groups is 1. The number of rotatable bonds is 3. The number of amides is 1. The Balaban J connectivity index is 1.48. The minimum Gasteiger partial charge on any atom is -0.388 e. The third-order valence-electron chi connectivity index (χ3n) is 5.69. The van der Waals surface area contributed by atoms with Crippen molar-refractivity contribution in [3.63, 3.8) is 0 Å². The molecule has 2 fully saturated rings. The van der Waals surface area contributed by atoms with Crippen LogP contribution >= 0.6 is 0 Å². The van der Waals surface area contributed by atoms with Crippen LogP contribution in [0.25, 0.3) is 11.5 Å². The Morgan fingerprint density at radius 3 is 2.68 bits per heavy atom. The molecule has 0 bridgehead atoms. The second-order valence-electron chi connectivity index (χ2n) is 7.82. The van der Waals surface area contributed by atoms with Gasteiger partial charge in [0.25, 0.3) is 5.91 Å². The zero-order valence-corrected chi connectivity index (χ0v) is 15.9. The quantitative estimate of drug-likeness (QED) is 0.723. The van der Waals surface area contributed by atoms with Crippen molar-refractivity contribution in [1.29, 1.82) is 0 Å². The van der Waals surface area contributed by atoms with Gasteiger partial charge in [0, 0.05) is 25.0 Å². The lowest BCUT2D eigenvalue weighted by Crippen LogP contribution is -2.65. The highest BCUT2D eigenvalue weighted by atomic mass is 16.5. The van der Waals surface area contributed by atoms with Crippen LogP contribution < -0.4 is 10.6 Å². The van der Waals surface area contributed by atoms with Crippen molar-refractivity contribution in [2.75, 3.05) is 19.7 Å². The van der Waals surface area contributed by atoms with E-state index in [1.807, 2.05) is 25.1 Å². The van der Waals surface area contributed by atoms with E-state index in [0.29, 0.717) is 23.5 Å². The molecule has 0 aliphatic carbocycles. The Morgan fingerprint density at radius 2 is 2.00 bits per heavy atom. The SMILES string of the molecule is C[C@]1(NC(=O)c2cnc(-c3ccccn3)nc2)CC2(CCNCC2)OC[C@@H]1O. The molecule has 8 heteroatoms. The number of hydrogen-bond acceptors (Lipinski definition) is 7. The number of pyridine rings is 1. The Kier molecular flexibility index (Phi) is 5.09. The zero-order chi connectivity index (χ0) is 19.6. The number of carbonyl (C=O) groups excluding carboxylic acids is 1. The number of ether oxygens (including phenoxy) is 1. The van der Waals surface area contributed by atoms with Crippen LogP contribution in [0.3, 0.4) is 0 Å². The summed E-state index contributed by atoms with van der Waals surface area (Å²) in [5, 5.41) is 16.9. The predicted octanol–water partition coefficient (Wildman–Crippen LogP) is 0.930. The first-order valence-corrected chi connectivity index (χ1v) is 9.58. The van der Waals surface area contributed by atoms with Crippen LogP contribution in [0.2, 0.25) is 0 Å². The van der Waals surface area contributed by atoms with Gasteiger partial charge in [-0.3, -0.25) is 9.78 Å². The fourth-order valence-corrected chi connectivity index (χ4v) is 4.01. The standard InChI is InChI=1S/C20H25N5O3/c1-19(13-20(28-12-16(19)26)5-8-21-9-6-20)25-18(27)14-10-23-17(24-11-14)15-4-2-3-7-22-15/h2-4,7,10-11,16,21,26H,5-6,8-9,12-13H2,1H3,(H,25,27)/t16-,19-/m0/s1. The first-order valence-electron chi connectivity index (χ1n) is 9.58. The molecule has 0 radical (unpaired) electrons. The number of aliphatic hydroxyl groups excluding tert-OH is 1. The van der Waals surface area contributed by atoms with Crippen molar-refractivity contribution in [2.45, 2.75) is 43.4 Å². The first kappa shape index (κ1) is 18.9. The molecule has 2 aromatic rings. The van der Waals surface area contributed by atoms with Crippen LogP contribution in [0.15, 0.2) is 36.8 Å². The highest BCUT2D eigenvalue weighted by molar-refractivity contribution is 5.94. The molecule has 2 saturated heterocycles. The third-order valence-corrected chi connectivity index (χ3v) is 5.69. The van der Waals surface area contributed by atoms with Gasteiger partial charge in [0.1, 0.15) is 11.8 Å². The van der Waals surface area contributed by atoms with Gasteiger partial charge in [0.05, 0.1) is 23.3 Å². The van der Waals surface area contributed by atoms with Crippen molar-refractivity contribution in [3.8, 4) is 11.5 Å². The molecule has 148 valence electrons. The summed E-state index contributed by atoms with van der Waals surface area (Å²) in [7, 11) is 0. The molecule has 0 unspecified atom stereocenters. The summed E-state index contributed by atoms with van der Waals surface area (Å²) in [6.07, 6.45) is 6.18. The molecule has 1 spiro atoms. The first-order chi connectivity index (χ1) is 13.5. The number of aromatic nitrogens is 3. The van der Waals surface area contributed by atoms with E-state index < -0.39 is 11.6 Å². The molecule has 4 heterocycles. The van der Waals surface area contributed by atoms with E-state index >= 15 is 0 Å². The Bertz CT molecular complexity index is 823. The van der Waals surface area contributed by atoms with Gasteiger partial charge >= 0.3 is 0 Å². The molecule has 2 aromatic heterocycles. The molecule has 1 amide bonds. The van der Waals surface area contributed by atoms with Gasteiger partial charge in [-0.1, -0.05) is 6.07 Å². The molecule has 0 saturated carbocycles. The number of hydrogen-bond donors (Lipinski definition) is 3. The Labute approximate surface area is 163 Å². The molecule has 0 aromatic carbocycles. The second kappa shape index (κ2) is 7.54. The lowest BCUT2D eigenvalue weighted by Gasteiger charge is -2.50. The molecule has 2 aliphatic rings. The molecular weight excluding hydrogens is 358 g/mol. The monoisotopic (exact) mass is 383 g/mol. The Morgan fingerprint density at radius 1 is 1.25 bits per heavy atom. The normalized spacial score (nSPS) is 26.7. The molecule has 8 nitrogen and oxygen atoms in total. The maximum atomic E-state index is 12.8. The molecule has 28 heavy (non-hydrogen) atoms. The van der Waals surface area contributed by atoms with Crippen LogP contribution in [0.5, 0.6) is 0 Å². The number of nitrogens with zero attached hydrogens (tertiary/aromatic N) is 3. The summed E-state index contributed by atoms with van der Waals surface area (Å²) < 4.78 is 5.99. The van der Waals surface area contributed by atoms with Crippen molar-refractivity contribution in [1.82, 2.24) is 25.6 Å². The van der Waals surface area contributed by atoms with Crippen molar-refractivity contribution < 1.29 is 14.6 Å². The molecule has 3 N–H and O–H groups in total.